The van der Waals surface area contributed by atoms with Crippen molar-refractivity contribution in [1.82, 2.24) is 29.4 Å². The van der Waals surface area contributed by atoms with E-state index in [1.807, 2.05) is 75.0 Å². The first-order valence-electron chi connectivity index (χ1n) is 23.3. The summed E-state index contributed by atoms with van der Waals surface area (Å²) < 4.78 is 54.0. The fourth-order valence-electron chi connectivity index (χ4n) is 8.00. The number of rotatable bonds is 16. The number of aryl methyl sites for hydroxylation is 2. The number of amides is 2. The maximum absolute atomic E-state index is 14.2. The SMILES string of the molecule is C.COc1nn(C)cc1C1CCCN1Cc1ccc(Oc2ccc(C(N)=O)cc2F)cc1.COc1nn(C)cc1C1CCCN1Cc1ccc(Oc2ccc(C(N)=O)cc2F)cc1.C[C@H](O)C(=O)O.C[C@H](O)C(=O)O. The molecule has 8 N–H and O–H groups in total. The van der Waals surface area contributed by atoms with Crippen molar-refractivity contribution < 1.29 is 67.3 Å². The van der Waals surface area contributed by atoms with Gasteiger partial charge in [0.1, 0.15) is 23.7 Å². The van der Waals surface area contributed by atoms with E-state index in [0.29, 0.717) is 23.3 Å². The number of hydrogen-bond donors (Lipinski definition) is 6. The zero-order valence-corrected chi connectivity index (χ0v) is 41.9. The smallest absolute Gasteiger partial charge is 0.332 e. The van der Waals surface area contributed by atoms with Crippen LogP contribution in [0.5, 0.6) is 34.8 Å². The predicted molar refractivity (Wildman–Crippen MR) is 273 cm³/mol. The van der Waals surface area contributed by atoms with Crippen LogP contribution in [-0.4, -0.2) is 113 Å². The Morgan fingerprint density at radius 3 is 1.24 bits per heavy atom. The number of carbonyl (C=O) groups excluding carboxylic acids is 2. The topological polar surface area (TPSA) is 280 Å². The summed E-state index contributed by atoms with van der Waals surface area (Å²) in [5, 5.41) is 40.3. The Morgan fingerprint density at radius 2 is 0.960 bits per heavy atom. The first-order valence-corrected chi connectivity index (χ1v) is 23.3. The molecule has 0 bridgehead atoms. The molecule has 2 fully saturated rings. The van der Waals surface area contributed by atoms with E-state index >= 15 is 0 Å². The Kier molecular flexibility index (Phi) is 22.2. The Morgan fingerprint density at radius 1 is 0.627 bits per heavy atom. The van der Waals surface area contributed by atoms with Crippen molar-refractivity contribution in [2.45, 2.75) is 84.3 Å². The maximum Gasteiger partial charge on any atom is 0.332 e. The van der Waals surface area contributed by atoms with Gasteiger partial charge in [-0.1, -0.05) is 31.7 Å². The van der Waals surface area contributed by atoms with E-state index in [1.165, 1.54) is 38.1 Å². The van der Waals surface area contributed by atoms with Gasteiger partial charge in [-0.3, -0.25) is 28.8 Å². The first-order chi connectivity index (χ1) is 35.2. The lowest BCUT2D eigenvalue weighted by molar-refractivity contribution is -0.146. The van der Waals surface area contributed by atoms with Gasteiger partial charge in [0.2, 0.25) is 23.6 Å². The van der Waals surface area contributed by atoms with Gasteiger partial charge >= 0.3 is 11.9 Å². The molecule has 2 unspecified atom stereocenters. The summed E-state index contributed by atoms with van der Waals surface area (Å²) in [6.07, 6.45) is 5.94. The van der Waals surface area contributed by atoms with Crippen molar-refractivity contribution >= 4 is 23.8 Å². The lowest BCUT2D eigenvalue weighted by atomic mass is 10.1. The number of nitrogens with zero attached hydrogens (tertiary/aromatic N) is 6. The molecule has 75 heavy (non-hydrogen) atoms. The van der Waals surface area contributed by atoms with E-state index in [-0.39, 0.29) is 42.1 Å². The maximum atomic E-state index is 14.2. The highest BCUT2D eigenvalue weighted by Gasteiger charge is 2.31. The Balaban J connectivity index is 0.000000264. The van der Waals surface area contributed by atoms with Crippen LogP contribution in [0.4, 0.5) is 8.78 Å². The standard InChI is InChI=1S/2C23H25FN4O3.2C3H6O3.CH4/c2*1-27-14-18(23(26-27)30-2)20-4-3-11-28(20)13-15-5-8-17(9-6-15)31-21-10-7-16(22(25)29)12-19(21)24;2*1-2(4)3(5)6;/h2*5-10,12,14,20H,3-4,11,13H2,1-2H3,(H2,25,29);2*2,4H,1H3,(H,5,6);1H4/t;;2*2-;/m..00./s1. The molecule has 0 radical (unpaired) electrons. The molecule has 4 atom stereocenters. The Labute approximate surface area is 433 Å². The molecule has 8 rings (SSSR count). The number of aliphatic hydroxyl groups is 2. The minimum atomic E-state index is -1.23. The zero-order chi connectivity index (χ0) is 54.2. The van der Waals surface area contributed by atoms with Crippen LogP contribution in [0.2, 0.25) is 0 Å². The fraction of sp³-hybridized carbons (Fsp3) is 0.358. The van der Waals surface area contributed by atoms with E-state index in [1.54, 1.807) is 23.6 Å². The van der Waals surface area contributed by atoms with E-state index in [4.69, 9.17) is 50.8 Å². The van der Waals surface area contributed by atoms with Crippen molar-refractivity contribution in [3.8, 4) is 34.8 Å². The number of carboxylic acid groups (broad SMARTS) is 2. The van der Waals surface area contributed by atoms with Crippen LogP contribution >= 0.6 is 0 Å². The normalized spacial score (nSPS) is 15.8. The lowest BCUT2D eigenvalue weighted by Gasteiger charge is -2.24. The summed E-state index contributed by atoms with van der Waals surface area (Å²) in [4.78, 5) is 46.0. The third-order valence-corrected chi connectivity index (χ3v) is 11.7. The van der Waals surface area contributed by atoms with Crippen LogP contribution in [-0.2, 0) is 36.8 Å². The van der Waals surface area contributed by atoms with Crippen LogP contribution in [0.3, 0.4) is 0 Å². The van der Waals surface area contributed by atoms with E-state index in [9.17, 15) is 28.0 Å². The number of ether oxygens (including phenoxy) is 4. The number of aliphatic hydroxyl groups excluding tert-OH is 2. The predicted octanol–water partition coefficient (Wildman–Crippen LogP) is 7.13. The molecule has 2 saturated heterocycles. The number of primary amides is 2. The van der Waals surface area contributed by atoms with Crippen LogP contribution in [0.15, 0.2) is 97.3 Å². The highest BCUT2D eigenvalue weighted by molar-refractivity contribution is 5.93. The van der Waals surface area contributed by atoms with Gasteiger partial charge in [0, 0.05) is 62.8 Å². The summed E-state index contributed by atoms with van der Waals surface area (Å²) in [6, 6.07) is 23.5. The third kappa shape index (κ3) is 17.1. The van der Waals surface area contributed by atoms with E-state index in [0.717, 1.165) is 86.2 Å². The van der Waals surface area contributed by atoms with Gasteiger partial charge in [-0.25, -0.2) is 18.4 Å². The van der Waals surface area contributed by atoms with Gasteiger partial charge in [0.15, 0.2) is 23.1 Å². The van der Waals surface area contributed by atoms with Crippen molar-refractivity contribution in [1.29, 1.82) is 0 Å². The molecule has 0 saturated carbocycles. The average molecular weight is 1050 g/mol. The number of hydrogen-bond acceptors (Lipinski definition) is 14. The molecular formula is C53H66F2N8O12. The summed E-state index contributed by atoms with van der Waals surface area (Å²) in [7, 11) is 7.09. The number of halogens is 2. The second kappa shape index (κ2) is 27.9. The number of likely N-dealkylation sites (tertiary alicyclic amines) is 2. The highest BCUT2D eigenvalue weighted by atomic mass is 19.1. The van der Waals surface area contributed by atoms with Gasteiger partial charge in [0.25, 0.3) is 0 Å². The van der Waals surface area contributed by atoms with Gasteiger partial charge in [0.05, 0.1) is 25.3 Å². The largest absolute Gasteiger partial charge is 0.480 e. The molecule has 0 spiro atoms. The minimum Gasteiger partial charge on any atom is -0.480 e. The van der Waals surface area contributed by atoms with Crippen molar-refractivity contribution in [3.05, 3.63) is 142 Å². The highest BCUT2D eigenvalue weighted by Crippen LogP contribution is 2.39. The first kappa shape index (κ1) is 59.6. The molecule has 404 valence electrons. The second-order valence-electron chi connectivity index (χ2n) is 17.3. The minimum absolute atomic E-state index is 0. The van der Waals surface area contributed by atoms with E-state index < -0.39 is 47.6 Å². The van der Waals surface area contributed by atoms with Crippen LogP contribution < -0.4 is 30.4 Å². The quantitative estimate of drug-likeness (QED) is 0.0562. The van der Waals surface area contributed by atoms with Gasteiger partial charge in [-0.05, 0) is 124 Å². The van der Waals surface area contributed by atoms with Crippen molar-refractivity contribution in [2.24, 2.45) is 25.6 Å². The Bertz CT molecular complexity index is 2650. The van der Waals surface area contributed by atoms with Crippen molar-refractivity contribution in [3.63, 3.8) is 0 Å². The summed E-state index contributed by atoms with van der Waals surface area (Å²) in [5.41, 5.74) is 15.0. The molecule has 2 aliphatic rings. The molecule has 4 aromatic carbocycles. The van der Waals surface area contributed by atoms with Crippen molar-refractivity contribution in [2.75, 3.05) is 27.3 Å². The fourth-order valence-corrected chi connectivity index (χ4v) is 8.00. The third-order valence-electron chi connectivity index (χ3n) is 11.7. The van der Waals surface area contributed by atoms with E-state index in [2.05, 4.69) is 20.0 Å². The number of methoxy groups -OCH3 is 2. The summed E-state index contributed by atoms with van der Waals surface area (Å²) in [5.74, 6) is -2.54. The molecule has 4 heterocycles. The number of carbonyl (C=O) groups is 4. The monoisotopic (exact) mass is 1040 g/mol. The lowest BCUT2D eigenvalue weighted by Crippen LogP contribution is -2.22. The molecule has 0 aliphatic carbocycles. The van der Waals surface area contributed by atoms with Gasteiger partial charge in [-0.2, -0.15) is 0 Å². The number of aliphatic carboxylic acids is 2. The summed E-state index contributed by atoms with van der Waals surface area (Å²) in [6.45, 7) is 5.96. The molecule has 22 heteroatoms. The zero-order valence-electron chi connectivity index (χ0n) is 41.9. The summed E-state index contributed by atoms with van der Waals surface area (Å²) >= 11 is 0. The number of carboxylic acids is 2. The molecule has 6 aromatic rings. The van der Waals surface area contributed by atoms with Crippen LogP contribution in [0.1, 0.15) is 102 Å². The average Bonchev–Trinajstić information content (AvgIpc) is 4.18. The Hall–Kier alpha value is -7.92. The molecule has 2 aliphatic heterocycles. The number of nitrogens with two attached hydrogens (primary N) is 2. The molecule has 20 nitrogen and oxygen atoms in total. The van der Waals surface area contributed by atoms with Gasteiger partial charge in [-0.15, -0.1) is 10.2 Å². The molecule has 2 amide bonds. The second-order valence-corrected chi connectivity index (χ2v) is 17.3. The van der Waals surface area contributed by atoms with Crippen LogP contribution in [0.25, 0.3) is 0 Å². The molecule has 2 aromatic heterocycles. The van der Waals surface area contributed by atoms with Crippen LogP contribution in [0, 0.1) is 11.6 Å². The number of aromatic nitrogens is 4. The molecular weight excluding hydrogens is 979 g/mol. The van der Waals surface area contributed by atoms with Gasteiger partial charge < -0.3 is 50.8 Å². The number of benzene rings is 4.